The molecule has 0 bridgehead atoms. The SMILES string of the molecule is O=[N+]([O-])c1ncccn1. The van der Waals surface area contributed by atoms with Crippen LogP contribution in [0.2, 0.25) is 0 Å². The largest absolute Gasteiger partial charge is 0.468 e. The summed E-state index contributed by atoms with van der Waals surface area (Å²) in [7, 11) is 0. The average molecular weight is 125 g/mol. The van der Waals surface area contributed by atoms with E-state index in [1.807, 2.05) is 0 Å². The van der Waals surface area contributed by atoms with Crippen LogP contribution in [-0.2, 0) is 0 Å². The van der Waals surface area contributed by atoms with E-state index in [1.165, 1.54) is 18.5 Å². The highest BCUT2D eigenvalue weighted by atomic mass is 16.6. The Kier molecular flexibility index (Phi) is 1.35. The van der Waals surface area contributed by atoms with Gasteiger partial charge < -0.3 is 10.1 Å². The van der Waals surface area contributed by atoms with E-state index < -0.39 is 4.92 Å². The summed E-state index contributed by atoms with van der Waals surface area (Å²) in [5.74, 6) is -0.363. The summed E-state index contributed by atoms with van der Waals surface area (Å²) >= 11 is 0. The second kappa shape index (κ2) is 2.17. The molecule has 5 heteroatoms. The molecule has 0 aliphatic heterocycles. The van der Waals surface area contributed by atoms with Gasteiger partial charge in [-0.05, 0) is 4.92 Å². The van der Waals surface area contributed by atoms with Gasteiger partial charge in [0.2, 0.25) is 0 Å². The summed E-state index contributed by atoms with van der Waals surface area (Å²) in [6.07, 6.45) is 2.65. The highest BCUT2D eigenvalue weighted by molar-refractivity contribution is 5.00. The zero-order valence-electron chi connectivity index (χ0n) is 4.39. The maximum atomic E-state index is 9.88. The van der Waals surface area contributed by atoms with E-state index in [0.717, 1.165) is 0 Å². The van der Waals surface area contributed by atoms with Crippen molar-refractivity contribution >= 4 is 5.95 Å². The van der Waals surface area contributed by atoms with E-state index >= 15 is 0 Å². The first-order valence-corrected chi connectivity index (χ1v) is 2.22. The highest BCUT2D eigenvalue weighted by Crippen LogP contribution is 1.95. The molecular formula is C4H3N3O2. The minimum Gasteiger partial charge on any atom is -0.390 e. The van der Waals surface area contributed by atoms with Gasteiger partial charge in [-0.25, -0.2) is 0 Å². The van der Waals surface area contributed by atoms with Crippen molar-refractivity contribution in [2.24, 2.45) is 0 Å². The Morgan fingerprint density at radius 2 is 2.00 bits per heavy atom. The van der Waals surface area contributed by atoms with E-state index in [-0.39, 0.29) is 5.95 Å². The summed E-state index contributed by atoms with van der Waals surface area (Å²) in [4.78, 5) is 16.0. The molecule has 5 nitrogen and oxygen atoms in total. The second-order valence-corrected chi connectivity index (χ2v) is 1.31. The molecular weight excluding hydrogens is 122 g/mol. The molecule has 0 amide bonds. The third-order valence-electron chi connectivity index (χ3n) is 0.715. The molecule has 46 valence electrons. The molecule has 0 N–H and O–H groups in total. The van der Waals surface area contributed by atoms with Gasteiger partial charge in [0.1, 0.15) is 12.4 Å². The quantitative estimate of drug-likeness (QED) is 0.402. The Hall–Kier alpha value is -1.52. The second-order valence-electron chi connectivity index (χ2n) is 1.31. The fourth-order valence-electron chi connectivity index (χ4n) is 0.386. The van der Waals surface area contributed by atoms with Crippen LogP contribution in [0, 0.1) is 10.1 Å². The molecule has 9 heavy (non-hydrogen) atoms. The molecule has 0 radical (unpaired) electrons. The topological polar surface area (TPSA) is 68.9 Å². The van der Waals surface area contributed by atoms with Crippen molar-refractivity contribution in [1.82, 2.24) is 9.97 Å². The molecule has 0 aromatic carbocycles. The Morgan fingerprint density at radius 1 is 1.44 bits per heavy atom. The molecule has 1 aromatic heterocycles. The van der Waals surface area contributed by atoms with E-state index in [9.17, 15) is 10.1 Å². The Balaban J connectivity index is 2.98. The Bertz CT molecular complexity index is 210. The maximum absolute atomic E-state index is 9.88. The normalized spacial score (nSPS) is 8.89. The van der Waals surface area contributed by atoms with Gasteiger partial charge in [0.05, 0.1) is 0 Å². The third-order valence-corrected chi connectivity index (χ3v) is 0.715. The van der Waals surface area contributed by atoms with Crippen LogP contribution in [0.25, 0.3) is 0 Å². The van der Waals surface area contributed by atoms with Gasteiger partial charge in [-0.2, -0.15) is 0 Å². The molecule has 0 atom stereocenters. The summed E-state index contributed by atoms with van der Waals surface area (Å²) in [5.41, 5.74) is 0. The molecule has 0 aliphatic rings. The summed E-state index contributed by atoms with van der Waals surface area (Å²) in [5, 5.41) is 9.88. The van der Waals surface area contributed by atoms with E-state index in [4.69, 9.17) is 0 Å². The lowest BCUT2D eigenvalue weighted by molar-refractivity contribution is -0.394. The van der Waals surface area contributed by atoms with Gasteiger partial charge in [-0.1, -0.05) is 9.97 Å². The zero-order chi connectivity index (χ0) is 6.69. The lowest BCUT2D eigenvalue weighted by Crippen LogP contribution is -1.92. The average Bonchev–Trinajstić information content (AvgIpc) is 1.90. The first kappa shape index (κ1) is 5.61. The smallest absolute Gasteiger partial charge is 0.390 e. The van der Waals surface area contributed by atoms with Crippen LogP contribution in [0.4, 0.5) is 5.95 Å². The molecule has 0 saturated carbocycles. The molecule has 0 aliphatic carbocycles. The van der Waals surface area contributed by atoms with Crippen LogP contribution < -0.4 is 0 Å². The molecule has 1 rings (SSSR count). The number of rotatable bonds is 1. The van der Waals surface area contributed by atoms with Gasteiger partial charge in [0, 0.05) is 6.07 Å². The summed E-state index contributed by atoms with van der Waals surface area (Å²) in [6, 6.07) is 1.52. The minimum absolute atomic E-state index is 0.363. The Labute approximate surface area is 50.5 Å². The minimum atomic E-state index is -0.639. The first-order valence-electron chi connectivity index (χ1n) is 2.22. The lowest BCUT2D eigenvalue weighted by atomic mass is 10.7. The Morgan fingerprint density at radius 3 is 2.33 bits per heavy atom. The van der Waals surface area contributed by atoms with Gasteiger partial charge in [-0.15, -0.1) is 0 Å². The van der Waals surface area contributed by atoms with Gasteiger partial charge in [-0.3, -0.25) is 0 Å². The number of hydrogen-bond acceptors (Lipinski definition) is 4. The number of nitrogens with zero attached hydrogens (tertiary/aromatic N) is 3. The van der Waals surface area contributed by atoms with Gasteiger partial charge in [0.25, 0.3) is 0 Å². The van der Waals surface area contributed by atoms with Crippen LogP contribution in [0.3, 0.4) is 0 Å². The molecule has 0 spiro atoms. The molecule has 0 fully saturated rings. The third kappa shape index (κ3) is 1.18. The van der Waals surface area contributed by atoms with Crippen LogP contribution in [0.15, 0.2) is 18.5 Å². The predicted octanol–water partition coefficient (Wildman–Crippen LogP) is 0.385. The van der Waals surface area contributed by atoms with Crippen LogP contribution >= 0.6 is 0 Å². The maximum Gasteiger partial charge on any atom is 0.468 e. The van der Waals surface area contributed by atoms with E-state index in [2.05, 4.69) is 9.97 Å². The number of nitro groups is 1. The number of hydrogen-bond donors (Lipinski definition) is 0. The fourth-order valence-corrected chi connectivity index (χ4v) is 0.386. The lowest BCUT2D eigenvalue weighted by Gasteiger charge is -1.86. The zero-order valence-corrected chi connectivity index (χ0v) is 4.39. The van der Waals surface area contributed by atoms with Crippen LogP contribution in [0.1, 0.15) is 0 Å². The van der Waals surface area contributed by atoms with Crippen molar-refractivity contribution in [1.29, 1.82) is 0 Å². The van der Waals surface area contributed by atoms with Crippen molar-refractivity contribution in [2.45, 2.75) is 0 Å². The van der Waals surface area contributed by atoms with E-state index in [1.54, 1.807) is 0 Å². The summed E-state index contributed by atoms with van der Waals surface area (Å²) < 4.78 is 0. The molecule has 1 aromatic rings. The van der Waals surface area contributed by atoms with Crippen molar-refractivity contribution in [3.63, 3.8) is 0 Å². The van der Waals surface area contributed by atoms with Crippen molar-refractivity contribution in [3.8, 4) is 0 Å². The molecule has 0 unspecified atom stereocenters. The molecule has 1 heterocycles. The standard InChI is InChI=1S/C4H3N3O2/c8-7(9)4-5-2-1-3-6-4/h1-3H. The summed E-state index contributed by atoms with van der Waals surface area (Å²) in [6.45, 7) is 0. The van der Waals surface area contributed by atoms with Gasteiger partial charge in [0.15, 0.2) is 0 Å². The van der Waals surface area contributed by atoms with Crippen LogP contribution in [-0.4, -0.2) is 14.9 Å². The monoisotopic (exact) mass is 125 g/mol. The van der Waals surface area contributed by atoms with Crippen molar-refractivity contribution < 1.29 is 4.92 Å². The van der Waals surface area contributed by atoms with Crippen molar-refractivity contribution in [2.75, 3.05) is 0 Å². The highest BCUT2D eigenvalue weighted by Gasteiger charge is 2.02. The van der Waals surface area contributed by atoms with Crippen LogP contribution in [0.5, 0.6) is 0 Å². The number of aromatic nitrogens is 2. The fraction of sp³-hybridized carbons (Fsp3) is 0. The van der Waals surface area contributed by atoms with E-state index in [0.29, 0.717) is 0 Å². The first-order chi connectivity index (χ1) is 4.30. The molecule has 0 saturated heterocycles. The van der Waals surface area contributed by atoms with Crippen molar-refractivity contribution in [3.05, 3.63) is 28.6 Å². The predicted molar refractivity (Wildman–Crippen MR) is 28.7 cm³/mol. The van der Waals surface area contributed by atoms with Gasteiger partial charge >= 0.3 is 5.95 Å².